The van der Waals surface area contributed by atoms with E-state index in [1.165, 1.54) is 5.56 Å². The molecule has 0 aliphatic carbocycles. The number of carbonyl (C=O) groups excluding carboxylic acids is 1. The molecule has 6 heteroatoms. The maximum absolute atomic E-state index is 12.3. The van der Waals surface area contributed by atoms with Gasteiger partial charge in [0.2, 0.25) is 0 Å². The first kappa shape index (κ1) is 13.9. The van der Waals surface area contributed by atoms with Crippen LogP contribution in [0.1, 0.15) is 22.5 Å². The summed E-state index contributed by atoms with van der Waals surface area (Å²) in [5.74, 6) is 0.100. The molecule has 3 rings (SSSR count). The van der Waals surface area contributed by atoms with Crippen molar-refractivity contribution >= 4 is 5.91 Å². The van der Waals surface area contributed by atoms with E-state index in [1.807, 2.05) is 41.2 Å². The zero-order valence-corrected chi connectivity index (χ0v) is 12.3. The van der Waals surface area contributed by atoms with E-state index in [2.05, 4.69) is 15.0 Å². The van der Waals surface area contributed by atoms with Crippen molar-refractivity contribution in [1.29, 1.82) is 0 Å². The Balaban J connectivity index is 1.58. The molecule has 6 nitrogen and oxygen atoms in total. The minimum Gasteiger partial charge on any atom is -0.357 e. The van der Waals surface area contributed by atoms with Gasteiger partial charge in [0.15, 0.2) is 0 Å². The standard InChI is InChI=1S/C15H21N5O/c1-18-11-13(10-17-18)12-19-6-3-7-20(9-8-19)15(21)14-4-2-5-16-14/h2,4-5,10-11,16H,3,6-9,12H2,1H3. The van der Waals surface area contributed by atoms with Crippen molar-refractivity contribution in [3.63, 3.8) is 0 Å². The number of aromatic nitrogens is 3. The van der Waals surface area contributed by atoms with Crippen molar-refractivity contribution in [2.24, 2.45) is 7.05 Å². The quantitative estimate of drug-likeness (QED) is 0.919. The third-order valence-electron chi connectivity index (χ3n) is 3.87. The average molecular weight is 287 g/mol. The normalized spacial score (nSPS) is 16.9. The van der Waals surface area contributed by atoms with Crippen LogP contribution in [-0.2, 0) is 13.6 Å². The second-order valence-corrected chi connectivity index (χ2v) is 5.53. The van der Waals surface area contributed by atoms with Gasteiger partial charge in [-0.05, 0) is 18.6 Å². The second kappa shape index (κ2) is 6.13. The number of hydrogen-bond acceptors (Lipinski definition) is 3. The fourth-order valence-electron chi connectivity index (χ4n) is 2.78. The van der Waals surface area contributed by atoms with Crippen molar-refractivity contribution in [3.05, 3.63) is 42.0 Å². The second-order valence-electron chi connectivity index (χ2n) is 5.53. The van der Waals surface area contributed by atoms with Crippen molar-refractivity contribution in [3.8, 4) is 0 Å². The molecule has 0 unspecified atom stereocenters. The van der Waals surface area contributed by atoms with Gasteiger partial charge < -0.3 is 9.88 Å². The highest BCUT2D eigenvalue weighted by Crippen LogP contribution is 2.10. The Kier molecular flexibility index (Phi) is 4.06. The fourth-order valence-corrected chi connectivity index (χ4v) is 2.78. The molecule has 1 fully saturated rings. The van der Waals surface area contributed by atoms with Crippen LogP contribution in [0.5, 0.6) is 0 Å². The van der Waals surface area contributed by atoms with E-state index in [1.54, 1.807) is 6.20 Å². The van der Waals surface area contributed by atoms with Gasteiger partial charge in [-0.15, -0.1) is 0 Å². The number of nitrogens with one attached hydrogen (secondary N) is 1. The van der Waals surface area contributed by atoms with E-state index in [9.17, 15) is 4.79 Å². The highest BCUT2D eigenvalue weighted by atomic mass is 16.2. The number of rotatable bonds is 3. The molecule has 1 N–H and O–H groups in total. The first-order valence-corrected chi connectivity index (χ1v) is 7.35. The number of carbonyl (C=O) groups is 1. The molecule has 0 atom stereocenters. The summed E-state index contributed by atoms with van der Waals surface area (Å²) in [6, 6.07) is 3.69. The van der Waals surface area contributed by atoms with Crippen molar-refractivity contribution in [2.45, 2.75) is 13.0 Å². The molecular weight excluding hydrogens is 266 g/mol. The predicted octanol–water partition coefficient (Wildman–Crippen LogP) is 1.10. The molecule has 2 aromatic heterocycles. The van der Waals surface area contributed by atoms with E-state index in [-0.39, 0.29) is 5.91 Å². The molecule has 0 bridgehead atoms. The SMILES string of the molecule is Cn1cc(CN2CCCN(C(=O)c3ccc[nH]3)CC2)cn1. The molecule has 1 saturated heterocycles. The van der Waals surface area contributed by atoms with E-state index < -0.39 is 0 Å². The lowest BCUT2D eigenvalue weighted by Gasteiger charge is -2.21. The summed E-state index contributed by atoms with van der Waals surface area (Å²) in [4.78, 5) is 19.7. The van der Waals surface area contributed by atoms with Gasteiger partial charge in [0.05, 0.1) is 6.20 Å². The minimum absolute atomic E-state index is 0.100. The minimum atomic E-state index is 0.100. The number of aromatic amines is 1. The lowest BCUT2D eigenvalue weighted by molar-refractivity contribution is 0.0756. The molecule has 0 spiro atoms. The highest BCUT2D eigenvalue weighted by molar-refractivity contribution is 5.92. The van der Waals surface area contributed by atoms with E-state index >= 15 is 0 Å². The Bertz CT molecular complexity index is 589. The van der Waals surface area contributed by atoms with Crippen LogP contribution in [0.4, 0.5) is 0 Å². The smallest absolute Gasteiger partial charge is 0.270 e. The third-order valence-corrected chi connectivity index (χ3v) is 3.87. The van der Waals surface area contributed by atoms with Crippen molar-refractivity contribution in [1.82, 2.24) is 24.6 Å². The van der Waals surface area contributed by atoms with Crippen LogP contribution in [0.25, 0.3) is 0 Å². The van der Waals surface area contributed by atoms with Crippen LogP contribution in [0, 0.1) is 0 Å². The number of amides is 1. The summed E-state index contributed by atoms with van der Waals surface area (Å²) in [5.41, 5.74) is 1.90. The Morgan fingerprint density at radius 3 is 2.95 bits per heavy atom. The van der Waals surface area contributed by atoms with Gasteiger partial charge in [-0.1, -0.05) is 0 Å². The lowest BCUT2D eigenvalue weighted by atomic mass is 10.3. The first-order valence-electron chi connectivity index (χ1n) is 7.35. The molecule has 1 aliphatic heterocycles. The summed E-state index contributed by atoms with van der Waals surface area (Å²) in [7, 11) is 1.93. The molecule has 112 valence electrons. The van der Waals surface area contributed by atoms with Crippen LogP contribution < -0.4 is 0 Å². The predicted molar refractivity (Wildman–Crippen MR) is 79.8 cm³/mol. The van der Waals surface area contributed by atoms with Gasteiger partial charge >= 0.3 is 0 Å². The van der Waals surface area contributed by atoms with Gasteiger partial charge in [-0.25, -0.2) is 0 Å². The lowest BCUT2D eigenvalue weighted by Crippen LogP contribution is -2.35. The Hall–Kier alpha value is -2.08. The molecule has 0 radical (unpaired) electrons. The van der Waals surface area contributed by atoms with Gasteiger partial charge in [0.25, 0.3) is 5.91 Å². The Labute approximate surface area is 124 Å². The largest absolute Gasteiger partial charge is 0.357 e. The first-order chi connectivity index (χ1) is 10.2. The molecular formula is C15H21N5O. The van der Waals surface area contributed by atoms with Gasteiger partial charge in [-0.2, -0.15) is 5.10 Å². The molecule has 0 saturated carbocycles. The average Bonchev–Trinajstić information content (AvgIpc) is 3.08. The highest BCUT2D eigenvalue weighted by Gasteiger charge is 2.20. The maximum atomic E-state index is 12.3. The topological polar surface area (TPSA) is 57.2 Å². The van der Waals surface area contributed by atoms with Crippen molar-refractivity contribution < 1.29 is 4.79 Å². The fraction of sp³-hybridized carbons (Fsp3) is 0.467. The van der Waals surface area contributed by atoms with Gasteiger partial charge in [0.1, 0.15) is 5.69 Å². The Morgan fingerprint density at radius 2 is 2.24 bits per heavy atom. The zero-order valence-electron chi connectivity index (χ0n) is 12.3. The number of H-pyrrole nitrogens is 1. The van der Waals surface area contributed by atoms with Crippen LogP contribution >= 0.6 is 0 Å². The summed E-state index contributed by atoms with van der Waals surface area (Å²) < 4.78 is 1.83. The van der Waals surface area contributed by atoms with E-state index in [0.717, 1.165) is 39.1 Å². The number of aryl methyl sites for hydroxylation is 1. The molecule has 2 aromatic rings. The molecule has 21 heavy (non-hydrogen) atoms. The Morgan fingerprint density at radius 1 is 1.33 bits per heavy atom. The zero-order chi connectivity index (χ0) is 14.7. The van der Waals surface area contributed by atoms with Crippen LogP contribution in [0.3, 0.4) is 0 Å². The van der Waals surface area contributed by atoms with Gasteiger partial charge in [0, 0.05) is 57.7 Å². The summed E-state index contributed by atoms with van der Waals surface area (Å²) in [5, 5.41) is 4.20. The summed E-state index contributed by atoms with van der Waals surface area (Å²) >= 11 is 0. The maximum Gasteiger partial charge on any atom is 0.270 e. The summed E-state index contributed by atoms with van der Waals surface area (Å²) in [6.07, 6.45) is 6.76. The summed E-state index contributed by atoms with van der Waals surface area (Å²) in [6.45, 7) is 4.42. The third kappa shape index (κ3) is 3.33. The van der Waals surface area contributed by atoms with Crippen LogP contribution in [-0.4, -0.2) is 56.7 Å². The van der Waals surface area contributed by atoms with E-state index in [4.69, 9.17) is 0 Å². The monoisotopic (exact) mass is 287 g/mol. The molecule has 1 aliphatic rings. The number of nitrogens with zero attached hydrogens (tertiary/aromatic N) is 4. The van der Waals surface area contributed by atoms with Crippen LogP contribution in [0.2, 0.25) is 0 Å². The number of hydrogen-bond donors (Lipinski definition) is 1. The molecule has 0 aromatic carbocycles. The van der Waals surface area contributed by atoms with E-state index in [0.29, 0.717) is 5.69 Å². The van der Waals surface area contributed by atoms with Gasteiger partial charge in [-0.3, -0.25) is 14.4 Å². The molecule has 3 heterocycles. The molecule has 1 amide bonds. The van der Waals surface area contributed by atoms with Crippen molar-refractivity contribution in [2.75, 3.05) is 26.2 Å². The van der Waals surface area contributed by atoms with Crippen LogP contribution in [0.15, 0.2) is 30.7 Å².